The second kappa shape index (κ2) is 5.32. The lowest BCUT2D eigenvalue weighted by Gasteiger charge is -1.93. The van der Waals surface area contributed by atoms with Gasteiger partial charge in [0.2, 0.25) is 13.2 Å². The van der Waals surface area contributed by atoms with Gasteiger partial charge in [-0.25, -0.2) is 0 Å². The Hall–Kier alpha value is -1.60. The molecule has 0 fully saturated rings. The molecule has 0 aliphatic carbocycles. The molecule has 75 valence electrons. The molecule has 0 aliphatic heterocycles. The summed E-state index contributed by atoms with van der Waals surface area (Å²) in [6.45, 7) is 1.35. The Morgan fingerprint density at radius 1 is 0.600 bits per heavy atom. The number of hydrogen-bond donors (Lipinski definition) is 0. The van der Waals surface area contributed by atoms with Gasteiger partial charge in [-0.2, -0.15) is 0 Å². The van der Waals surface area contributed by atoms with Crippen molar-refractivity contribution in [2.45, 2.75) is 13.2 Å². The molecule has 2 aromatic rings. The molecule has 2 aromatic carbocycles. The van der Waals surface area contributed by atoms with Gasteiger partial charge < -0.3 is 0 Å². The van der Waals surface area contributed by atoms with Gasteiger partial charge in [0.05, 0.1) is 0 Å². The van der Waals surface area contributed by atoms with Crippen molar-refractivity contribution in [2.24, 2.45) is 0 Å². The van der Waals surface area contributed by atoms with Crippen molar-refractivity contribution >= 4 is 0 Å². The van der Waals surface area contributed by atoms with E-state index >= 15 is 0 Å². The monoisotopic (exact) mass is 198 g/mol. The third kappa shape index (κ3) is 3.22. The molecule has 0 amide bonds. The van der Waals surface area contributed by atoms with Gasteiger partial charge in [-0.3, -0.25) is 0 Å². The van der Waals surface area contributed by atoms with Gasteiger partial charge in [-0.05, 0) is 0 Å². The summed E-state index contributed by atoms with van der Waals surface area (Å²) in [6.07, 6.45) is 0. The zero-order valence-corrected chi connectivity index (χ0v) is 8.60. The first kappa shape index (κ1) is 9.94. The third-order valence-electron chi connectivity index (χ3n) is 2.22. The van der Waals surface area contributed by atoms with E-state index in [0.29, 0.717) is 13.2 Å². The molecule has 15 heavy (non-hydrogen) atoms. The van der Waals surface area contributed by atoms with Crippen molar-refractivity contribution in [1.82, 2.24) is 0 Å². The van der Waals surface area contributed by atoms with E-state index in [2.05, 4.69) is 24.3 Å². The van der Waals surface area contributed by atoms with Crippen LogP contribution in [0.15, 0.2) is 60.7 Å². The Labute approximate surface area is 90.3 Å². The van der Waals surface area contributed by atoms with E-state index in [1.165, 1.54) is 11.1 Å². The first-order valence-corrected chi connectivity index (χ1v) is 5.11. The van der Waals surface area contributed by atoms with E-state index in [1.807, 2.05) is 36.4 Å². The summed E-state index contributed by atoms with van der Waals surface area (Å²) in [5.41, 5.74) is 2.43. The molecular weight excluding hydrogens is 184 g/mol. The summed E-state index contributed by atoms with van der Waals surface area (Å²) < 4.78 is 5.61. The average Bonchev–Trinajstić information content (AvgIpc) is 2.32. The largest absolute Gasteiger partial charge is 0.245 e. The Morgan fingerprint density at radius 3 is 1.40 bits per heavy atom. The standard InChI is InChI=1S/C14H14O/c1-3-7-13(8-4-1)11-15-12-14-9-5-2-6-10-14/h1-10H,11-12H2/q+1. The maximum atomic E-state index is 5.61. The minimum absolute atomic E-state index is 0.676. The highest BCUT2D eigenvalue weighted by Crippen LogP contribution is 2.05. The molecule has 0 unspecified atom stereocenters. The van der Waals surface area contributed by atoms with Crippen LogP contribution in [-0.2, 0) is 18.0 Å². The van der Waals surface area contributed by atoms with E-state index in [4.69, 9.17) is 4.74 Å². The minimum atomic E-state index is 0.676. The molecule has 0 heterocycles. The van der Waals surface area contributed by atoms with Crippen molar-refractivity contribution in [3.8, 4) is 0 Å². The van der Waals surface area contributed by atoms with E-state index in [9.17, 15) is 0 Å². The highest BCUT2D eigenvalue weighted by molar-refractivity contribution is 5.15. The minimum Gasteiger partial charge on any atom is -0.134 e. The Morgan fingerprint density at radius 2 is 1.00 bits per heavy atom. The lowest BCUT2D eigenvalue weighted by Crippen LogP contribution is -1.93. The first-order valence-electron chi connectivity index (χ1n) is 5.11. The normalized spacial score (nSPS) is 10.1. The van der Waals surface area contributed by atoms with Crippen LogP contribution in [0.25, 0.3) is 0 Å². The van der Waals surface area contributed by atoms with Gasteiger partial charge in [-0.15, -0.1) is 4.74 Å². The predicted molar refractivity (Wildman–Crippen MR) is 61.4 cm³/mol. The second-order valence-electron chi connectivity index (χ2n) is 3.46. The summed E-state index contributed by atoms with van der Waals surface area (Å²) >= 11 is 0. The maximum absolute atomic E-state index is 5.61. The molecule has 0 saturated heterocycles. The Kier molecular flexibility index (Phi) is 3.53. The SMILES string of the molecule is c1ccc(C[O+]Cc2ccccc2)cc1. The lowest BCUT2D eigenvalue weighted by molar-refractivity contribution is 0.107. The molecule has 0 bridgehead atoms. The topological polar surface area (TPSA) is 11.3 Å². The molecular formula is C14H14O+. The van der Waals surface area contributed by atoms with Crippen LogP contribution in [0.4, 0.5) is 0 Å². The van der Waals surface area contributed by atoms with Gasteiger partial charge in [-0.1, -0.05) is 60.7 Å². The number of rotatable bonds is 4. The highest BCUT2D eigenvalue weighted by atomic mass is 16.5. The molecule has 0 atom stereocenters. The van der Waals surface area contributed by atoms with Crippen LogP contribution in [0.3, 0.4) is 0 Å². The summed E-state index contributed by atoms with van der Waals surface area (Å²) in [5, 5.41) is 0. The number of ether oxygens (including phenoxy) is 1. The molecule has 0 spiro atoms. The summed E-state index contributed by atoms with van der Waals surface area (Å²) in [4.78, 5) is 0. The van der Waals surface area contributed by atoms with Crippen LogP contribution in [0.1, 0.15) is 11.1 Å². The average molecular weight is 198 g/mol. The fraction of sp³-hybridized carbons (Fsp3) is 0.143. The molecule has 0 saturated carbocycles. The van der Waals surface area contributed by atoms with Crippen LogP contribution in [0.2, 0.25) is 0 Å². The predicted octanol–water partition coefficient (Wildman–Crippen LogP) is 3.40. The van der Waals surface area contributed by atoms with E-state index < -0.39 is 0 Å². The smallest absolute Gasteiger partial charge is 0.134 e. The van der Waals surface area contributed by atoms with E-state index in [0.717, 1.165) is 0 Å². The van der Waals surface area contributed by atoms with Crippen LogP contribution in [0, 0.1) is 0 Å². The summed E-state index contributed by atoms with van der Waals surface area (Å²) in [6, 6.07) is 20.4. The Bertz CT molecular complexity index is 341. The van der Waals surface area contributed by atoms with Crippen molar-refractivity contribution in [1.29, 1.82) is 0 Å². The summed E-state index contributed by atoms with van der Waals surface area (Å²) in [7, 11) is 0. The van der Waals surface area contributed by atoms with Crippen LogP contribution >= 0.6 is 0 Å². The van der Waals surface area contributed by atoms with Crippen LogP contribution in [0.5, 0.6) is 0 Å². The molecule has 1 radical (unpaired) electrons. The van der Waals surface area contributed by atoms with E-state index in [-0.39, 0.29) is 0 Å². The van der Waals surface area contributed by atoms with Crippen molar-refractivity contribution in [3.05, 3.63) is 71.8 Å². The maximum Gasteiger partial charge on any atom is 0.245 e. The number of hydrogen-bond acceptors (Lipinski definition) is 1. The van der Waals surface area contributed by atoms with Gasteiger partial charge >= 0.3 is 0 Å². The molecule has 0 aromatic heterocycles. The fourth-order valence-corrected chi connectivity index (χ4v) is 1.44. The molecule has 0 N–H and O–H groups in total. The third-order valence-corrected chi connectivity index (χ3v) is 2.22. The van der Waals surface area contributed by atoms with Crippen molar-refractivity contribution in [3.63, 3.8) is 0 Å². The quantitative estimate of drug-likeness (QED) is 0.685. The molecule has 2 rings (SSSR count). The molecule has 0 aliphatic rings. The molecule has 1 nitrogen and oxygen atoms in total. The van der Waals surface area contributed by atoms with Gasteiger partial charge in [0.1, 0.15) is 0 Å². The fourth-order valence-electron chi connectivity index (χ4n) is 1.44. The first-order chi connectivity index (χ1) is 7.45. The van der Waals surface area contributed by atoms with Crippen molar-refractivity contribution < 1.29 is 4.74 Å². The van der Waals surface area contributed by atoms with Gasteiger partial charge in [0.15, 0.2) is 0 Å². The summed E-state index contributed by atoms with van der Waals surface area (Å²) in [5.74, 6) is 0. The van der Waals surface area contributed by atoms with Crippen molar-refractivity contribution in [2.75, 3.05) is 0 Å². The van der Waals surface area contributed by atoms with E-state index in [1.54, 1.807) is 0 Å². The zero-order chi connectivity index (χ0) is 10.3. The lowest BCUT2D eigenvalue weighted by atomic mass is 10.2. The zero-order valence-electron chi connectivity index (χ0n) is 8.60. The second-order valence-corrected chi connectivity index (χ2v) is 3.46. The van der Waals surface area contributed by atoms with Gasteiger partial charge in [0.25, 0.3) is 0 Å². The highest BCUT2D eigenvalue weighted by Gasteiger charge is 2.03. The Balaban J connectivity index is 1.81. The van der Waals surface area contributed by atoms with Gasteiger partial charge in [0, 0.05) is 11.1 Å². The molecule has 1 heteroatoms. The number of benzene rings is 2. The van der Waals surface area contributed by atoms with Crippen LogP contribution in [-0.4, -0.2) is 0 Å². The van der Waals surface area contributed by atoms with Crippen LogP contribution < -0.4 is 0 Å².